The first-order valence-electron chi connectivity index (χ1n) is 18.1. The molecule has 0 bridgehead atoms. The minimum Gasteiger partial charge on any atom is -0.493 e. The predicted molar refractivity (Wildman–Crippen MR) is 208 cm³/mol. The highest BCUT2D eigenvalue weighted by molar-refractivity contribution is 6.32. The van der Waals surface area contributed by atoms with Crippen LogP contribution >= 0.6 is 11.6 Å². The number of carbonyl (C=O) groups excluding carboxylic acids is 1. The van der Waals surface area contributed by atoms with E-state index in [0.29, 0.717) is 42.1 Å². The van der Waals surface area contributed by atoms with Crippen molar-refractivity contribution in [3.05, 3.63) is 153 Å². The first-order valence-corrected chi connectivity index (χ1v) is 18.5. The van der Waals surface area contributed by atoms with Crippen LogP contribution in [0.25, 0.3) is 6.08 Å². The molecule has 0 radical (unpaired) electrons. The van der Waals surface area contributed by atoms with Crippen molar-refractivity contribution in [2.75, 3.05) is 32.8 Å². The quantitative estimate of drug-likeness (QED) is 0.105. The summed E-state index contributed by atoms with van der Waals surface area (Å²) in [7, 11) is 0. The van der Waals surface area contributed by atoms with E-state index >= 15 is 0 Å². The Balaban J connectivity index is 0.927. The molecule has 0 unspecified atom stereocenters. The first kappa shape index (κ1) is 38.5. The van der Waals surface area contributed by atoms with Gasteiger partial charge in [-0.1, -0.05) is 74.0 Å². The van der Waals surface area contributed by atoms with Crippen molar-refractivity contribution in [1.82, 2.24) is 14.8 Å². The topological polar surface area (TPSA) is 64.1 Å². The predicted octanol–water partition coefficient (Wildman–Crippen LogP) is 9.80. The Kier molecular flexibility index (Phi) is 13.0. The lowest BCUT2D eigenvalue weighted by Gasteiger charge is -2.34. The molecule has 6 rings (SSSR count). The van der Waals surface area contributed by atoms with E-state index in [2.05, 4.69) is 60.1 Å². The molecule has 1 aliphatic heterocycles. The van der Waals surface area contributed by atoms with Gasteiger partial charge in [-0.2, -0.15) is 0 Å². The Morgan fingerprint density at radius 1 is 0.889 bits per heavy atom. The average Bonchev–Trinajstić information content (AvgIpc) is 3.17. The number of carbonyl (C=O) groups is 1. The minimum absolute atomic E-state index is 0.0437. The number of aromatic nitrogens is 1. The van der Waals surface area contributed by atoms with Gasteiger partial charge >= 0.3 is 0 Å². The number of hydrogen-bond acceptors (Lipinski definition) is 6. The Morgan fingerprint density at radius 3 is 2.30 bits per heavy atom. The van der Waals surface area contributed by atoms with Gasteiger partial charge < -0.3 is 19.1 Å². The standard InChI is InChI=1S/C44H44ClF2N3O4/c1-30(2)35-12-14-37(15-13-35)52-24-19-32-7-9-33(10-8-32)28-49-20-22-50(23-21-49)42(51)18-11-34-25-31(3)44(39(45)26-34)54-41-17-16-38(27-48-41)53-29-36-5-4-6-40(46)43(36)47/h4-18,25-27,30H,19-24,28-29H2,1-3H3. The number of pyridine rings is 1. The molecule has 1 saturated heterocycles. The number of amides is 1. The fourth-order valence-electron chi connectivity index (χ4n) is 6.13. The molecule has 5 aromatic rings. The minimum atomic E-state index is -0.938. The summed E-state index contributed by atoms with van der Waals surface area (Å²) < 4.78 is 44.8. The lowest BCUT2D eigenvalue weighted by Crippen LogP contribution is -2.47. The smallest absolute Gasteiger partial charge is 0.246 e. The second kappa shape index (κ2) is 18.2. The molecule has 0 atom stereocenters. The van der Waals surface area contributed by atoms with Crippen LogP contribution in [0.4, 0.5) is 8.78 Å². The molecule has 0 spiro atoms. The number of piperazine rings is 1. The van der Waals surface area contributed by atoms with Gasteiger partial charge in [0, 0.05) is 56.9 Å². The molecule has 1 amide bonds. The molecule has 0 N–H and O–H groups in total. The average molecular weight is 752 g/mol. The zero-order chi connectivity index (χ0) is 38.0. The van der Waals surface area contributed by atoms with Crippen LogP contribution in [-0.4, -0.2) is 53.5 Å². The van der Waals surface area contributed by atoms with Crippen LogP contribution in [0.3, 0.4) is 0 Å². The molecule has 4 aromatic carbocycles. The number of nitrogens with zero attached hydrogens (tertiary/aromatic N) is 3. The Labute approximate surface area is 320 Å². The molecular formula is C44H44ClF2N3O4. The fraction of sp³-hybridized carbons (Fsp3) is 0.273. The van der Waals surface area contributed by atoms with Gasteiger partial charge in [-0.05, 0) is 83.1 Å². The molecule has 2 heterocycles. The number of benzene rings is 4. The summed E-state index contributed by atoms with van der Waals surface area (Å²) in [5.41, 5.74) is 5.44. The maximum Gasteiger partial charge on any atom is 0.246 e. The van der Waals surface area contributed by atoms with E-state index in [1.165, 1.54) is 35.0 Å². The van der Waals surface area contributed by atoms with Gasteiger partial charge in [-0.15, -0.1) is 0 Å². The SMILES string of the molecule is Cc1cc(C=CC(=O)N2CCN(Cc3ccc(CCOc4ccc(C(C)C)cc4)cc3)CC2)cc(Cl)c1Oc1ccc(OCc2cccc(F)c2F)cn1. The summed E-state index contributed by atoms with van der Waals surface area (Å²) >= 11 is 6.59. The van der Waals surface area contributed by atoms with E-state index in [1.54, 1.807) is 30.4 Å². The van der Waals surface area contributed by atoms with Crippen LogP contribution in [0.5, 0.6) is 23.1 Å². The Bertz CT molecular complexity index is 2020. The van der Waals surface area contributed by atoms with E-state index < -0.39 is 11.6 Å². The molecular weight excluding hydrogens is 708 g/mol. The molecule has 7 nitrogen and oxygen atoms in total. The maximum atomic E-state index is 13.9. The summed E-state index contributed by atoms with van der Waals surface area (Å²) in [6.07, 6.45) is 5.63. The van der Waals surface area contributed by atoms with Crippen molar-refractivity contribution in [3.8, 4) is 23.1 Å². The van der Waals surface area contributed by atoms with Crippen molar-refractivity contribution >= 4 is 23.6 Å². The summed E-state index contributed by atoms with van der Waals surface area (Å²) in [4.78, 5) is 21.5. The third-order valence-electron chi connectivity index (χ3n) is 9.33. The number of rotatable bonds is 14. The van der Waals surface area contributed by atoms with E-state index in [0.717, 1.165) is 49.0 Å². The van der Waals surface area contributed by atoms with E-state index in [9.17, 15) is 13.6 Å². The summed E-state index contributed by atoms with van der Waals surface area (Å²) in [6.45, 7) is 10.5. The first-order chi connectivity index (χ1) is 26.1. The van der Waals surface area contributed by atoms with Crippen LogP contribution in [0, 0.1) is 18.6 Å². The van der Waals surface area contributed by atoms with Crippen molar-refractivity contribution in [2.24, 2.45) is 0 Å². The number of ether oxygens (including phenoxy) is 3. The second-order valence-corrected chi connectivity index (χ2v) is 14.1. The Hall–Kier alpha value is -5.25. The fourth-order valence-corrected chi connectivity index (χ4v) is 6.44. The van der Waals surface area contributed by atoms with Gasteiger partial charge in [0.2, 0.25) is 11.8 Å². The largest absolute Gasteiger partial charge is 0.493 e. The van der Waals surface area contributed by atoms with Crippen molar-refractivity contribution in [2.45, 2.75) is 46.3 Å². The number of hydrogen-bond donors (Lipinski definition) is 0. The van der Waals surface area contributed by atoms with Crippen LogP contribution < -0.4 is 14.2 Å². The number of halogens is 3. The second-order valence-electron chi connectivity index (χ2n) is 13.7. The third-order valence-corrected chi connectivity index (χ3v) is 9.61. The van der Waals surface area contributed by atoms with Gasteiger partial charge in [-0.25, -0.2) is 13.8 Å². The molecule has 1 fully saturated rings. The van der Waals surface area contributed by atoms with Gasteiger partial charge in [0.1, 0.15) is 18.1 Å². The van der Waals surface area contributed by atoms with Gasteiger partial charge in [0.05, 0.1) is 17.8 Å². The van der Waals surface area contributed by atoms with Gasteiger partial charge in [-0.3, -0.25) is 9.69 Å². The summed E-state index contributed by atoms with van der Waals surface area (Å²) in [5.74, 6) is 0.585. The highest BCUT2D eigenvalue weighted by Gasteiger charge is 2.20. The zero-order valence-electron chi connectivity index (χ0n) is 30.7. The molecule has 0 saturated carbocycles. The van der Waals surface area contributed by atoms with E-state index in [-0.39, 0.29) is 24.0 Å². The summed E-state index contributed by atoms with van der Waals surface area (Å²) in [6, 6.07) is 27.8. The maximum absolute atomic E-state index is 13.9. The molecule has 10 heteroatoms. The van der Waals surface area contributed by atoms with E-state index in [1.807, 2.05) is 30.0 Å². The zero-order valence-corrected chi connectivity index (χ0v) is 31.5. The van der Waals surface area contributed by atoms with Crippen LogP contribution in [0.1, 0.15) is 53.1 Å². The number of aryl methyl sites for hydroxylation is 1. The third kappa shape index (κ3) is 10.5. The molecule has 280 valence electrons. The molecule has 54 heavy (non-hydrogen) atoms. The van der Waals surface area contributed by atoms with Crippen LogP contribution in [0.15, 0.2) is 103 Å². The summed E-state index contributed by atoms with van der Waals surface area (Å²) in [5, 5.41) is 0.369. The lowest BCUT2D eigenvalue weighted by atomic mass is 10.0. The Morgan fingerprint density at radius 2 is 1.61 bits per heavy atom. The van der Waals surface area contributed by atoms with Crippen LogP contribution in [-0.2, 0) is 24.4 Å². The van der Waals surface area contributed by atoms with E-state index in [4.69, 9.17) is 25.8 Å². The normalized spacial score (nSPS) is 13.4. The van der Waals surface area contributed by atoms with Crippen molar-refractivity contribution in [1.29, 1.82) is 0 Å². The molecule has 1 aliphatic rings. The van der Waals surface area contributed by atoms with Gasteiger partial charge in [0.15, 0.2) is 17.4 Å². The monoisotopic (exact) mass is 751 g/mol. The highest BCUT2D eigenvalue weighted by Crippen LogP contribution is 2.34. The van der Waals surface area contributed by atoms with Crippen LogP contribution in [0.2, 0.25) is 5.02 Å². The highest BCUT2D eigenvalue weighted by atomic mass is 35.5. The van der Waals surface area contributed by atoms with Crippen molar-refractivity contribution in [3.63, 3.8) is 0 Å². The van der Waals surface area contributed by atoms with Crippen molar-refractivity contribution < 1.29 is 27.8 Å². The lowest BCUT2D eigenvalue weighted by molar-refractivity contribution is -0.127. The molecule has 0 aliphatic carbocycles. The van der Waals surface area contributed by atoms with Gasteiger partial charge in [0.25, 0.3) is 0 Å². The molecule has 1 aromatic heterocycles.